The summed E-state index contributed by atoms with van der Waals surface area (Å²) in [4.78, 5) is 12.3. The molecule has 108 valence electrons. The predicted octanol–water partition coefficient (Wildman–Crippen LogP) is 2.65. The third-order valence-corrected chi connectivity index (χ3v) is 3.17. The van der Waals surface area contributed by atoms with E-state index in [1.165, 1.54) is 0 Å². The zero-order valence-corrected chi connectivity index (χ0v) is 11.9. The van der Waals surface area contributed by atoms with Crippen LogP contribution >= 0.6 is 0 Å². The first-order valence-corrected chi connectivity index (χ1v) is 6.48. The average Bonchev–Trinajstić information content (AvgIpc) is 2.50. The van der Waals surface area contributed by atoms with Crippen LogP contribution in [0.3, 0.4) is 0 Å². The number of hydrogen-bond donors (Lipinski definition) is 3. The summed E-state index contributed by atoms with van der Waals surface area (Å²) in [7, 11) is 0. The van der Waals surface area contributed by atoms with Crippen molar-refractivity contribution in [2.24, 2.45) is 10.9 Å². The molecule has 0 fully saturated rings. The first kappa shape index (κ1) is 14.6. The first-order valence-electron chi connectivity index (χ1n) is 6.48. The second-order valence-corrected chi connectivity index (χ2v) is 4.84. The molecule has 0 atom stereocenters. The molecule has 0 saturated heterocycles. The van der Waals surface area contributed by atoms with Crippen LogP contribution in [0.25, 0.3) is 0 Å². The number of oxime groups is 1. The van der Waals surface area contributed by atoms with Crippen molar-refractivity contribution in [2.45, 2.75) is 13.8 Å². The van der Waals surface area contributed by atoms with Crippen LogP contribution < -0.4 is 11.1 Å². The number of rotatable bonds is 3. The van der Waals surface area contributed by atoms with Gasteiger partial charge in [0.2, 0.25) is 0 Å². The molecule has 0 aliphatic carbocycles. The minimum absolute atomic E-state index is 0.0311. The van der Waals surface area contributed by atoms with E-state index in [0.717, 1.165) is 16.8 Å². The second kappa shape index (κ2) is 6.09. The van der Waals surface area contributed by atoms with E-state index in [9.17, 15) is 4.79 Å². The zero-order chi connectivity index (χ0) is 15.4. The fourth-order valence-electron chi connectivity index (χ4n) is 1.94. The molecule has 0 bridgehead atoms. The monoisotopic (exact) mass is 283 g/mol. The molecule has 5 heteroatoms. The lowest BCUT2D eigenvalue weighted by Crippen LogP contribution is -2.16. The summed E-state index contributed by atoms with van der Waals surface area (Å²) in [6.45, 7) is 3.90. The molecular formula is C16H17N3O2. The number of carbonyl (C=O) groups excluding carboxylic acids is 1. The maximum Gasteiger partial charge on any atom is 0.255 e. The van der Waals surface area contributed by atoms with E-state index in [1.807, 2.05) is 32.0 Å². The van der Waals surface area contributed by atoms with Crippen molar-refractivity contribution < 1.29 is 10.0 Å². The summed E-state index contributed by atoms with van der Waals surface area (Å²) in [6, 6.07) is 12.5. The van der Waals surface area contributed by atoms with Crippen LogP contribution in [0.2, 0.25) is 0 Å². The molecule has 2 aromatic rings. The maximum absolute atomic E-state index is 12.3. The van der Waals surface area contributed by atoms with Crippen molar-refractivity contribution in [1.29, 1.82) is 0 Å². The number of carbonyl (C=O) groups is 1. The smallest absolute Gasteiger partial charge is 0.255 e. The Morgan fingerprint density at radius 2 is 1.86 bits per heavy atom. The summed E-state index contributed by atoms with van der Waals surface area (Å²) in [5.41, 5.74) is 9.29. The van der Waals surface area contributed by atoms with E-state index in [2.05, 4.69) is 10.5 Å². The SMILES string of the molecule is Cc1ccc(C)c(NC(=O)c2cccc(/C(N)=N/O)c2)c1. The third-order valence-electron chi connectivity index (χ3n) is 3.17. The van der Waals surface area contributed by atoms with Crippen LogP contribution in [-0.4, -0.2) is 17.0 Å². The maximum atomic E-state index is 12.3. The number of hydrogen-bond acceptors (Lipinski definition) is 3. The van der Waals surface area contributed by atoms with E-state index in [-0.39, 0.29) is 11.7 Å². The molecule has 0 spiro atoms. The Balaban J connectivity index is 2.26. The summed E-state index contributed by atoms with van der Waals surface area (Å²) >= 11 is 0. The van der Waals surface area contributed by atoms with E-state index in [1.54, 1.807) is 24.3 Å². The number of anilines is 1. The van der Waals surface area contributed by atoms with Crippen LogP contribution in [0.15, 0.2) is 47.6 Å². The van der Waals surface area contributed by atoms with Crippen molar-refractivity contribution in [2.75, 3.05) is 5.32 Å². The third kappa shape index (κ3) is 3.39. The second-order valence-electron chi connectivity index (χ2n) is 4.84. The van der Waals surface area contributed by atoms with E-state index in [4.69, 9.17) is 10.9 Å². The average molecular weight is 283 g/mol. The Morgan fingerprint density at radius 3 is 2.57 bits per heavy atom. The van der Waals surface area contributed by atoms with Gasteiger partial charge in [-0.3, -0.25) is 4.79 Å². The molecular weight excluding hydrogens is 266 g/mol. The zero-order valence-electron chi connectivity index (χ0n) is 11.9. The number of amidine groups is 1. The molecule has 0 radical (unpaired) electrons. The Hall–Kier alpha value is -2.82. The van der Waals surface area contributed by atoms with Gasteiger partial charge in [-0.1, -0.05) is 29.4 Å². The number of nitrogens with zero attached hydrogens (tertiary/aromatic N) is 1. The van der Waals surface area contributed by atoms with E-state index in [0.29, 0.717) is 11.1 Å². The molecule has 0 aliphatic rings. The molecule has 4 N–H and O–H groups in total. The van der Waals surface area contributed by atoms with Gasteiger partial charge in [0.25, 0.3) is 5.91 Å². The van der Waals surface area contributed by atoms with Crippen LogP contribution in [0.1, 0.15) is 27.0 Å². The van der Waals surface area contributed by atoms with Gasteiger partial charge in [0.1, 0.15) is 0 Å². The van der Waals surface area contributed by atoms with Gasteiger partial charge >= 0.3 is 0 Å². The van der Waals surface area contributed by atoms with Gasteiger partial charge in [-0.2, -0.15) is 0 Å². The largest absolute Gasteiger partial charge is 0.409 e. The Labute approximate surface area is 123 Å². The minimum atomic E-state index is -0.240. The lowest BCUT2D eigenvalue weighted by Gasteiger charge is -2.10. The van der Waals surface area contributed by atoms with Gasteiger partial charge in [0.15, 0.2) is 5.84 Å². The molecule has 0 aromatic heterocycles. The number of nitrogens with one attached hydrogen (secondary N) is 1. The molecule has 1 amide bonds. The van der Waals surface area contributed by atoms with Crippen LogP contribution in [0, 0.1) is 13.8 Å². The predicted molar refractivity (Wildman–Crippen MR) is 82.8 cm³/mol. The summed E-state index contributed by atoms with van der Waals surface area (Å²) < 4.78 is 0. The van der Waals surface area contributed by atoms with E-state index < -0.39 is 0 Å². The highest BCUT2D eigenvalue weighted by atomic mass is 16.4. The molecule has 0 saturated carbocycles. The highest BCUT2D eigenvalue weighted by molar-refractivity contribution is 6.06. The molecule has 2 aromatic carbocycles. The van der Waals surface area contributed by atoms with Crippen molar-refractivity contribution >= 4 is 17.4 Å². The van der Waals surface area contributed by atoms with Crippen molar-refractivity contribution in [1.82, 2.24) is 0 Å². The Morgan fingerprint density at radius 1 is 1.14 bits per heavy atom. The number of amides is 1. The molecule has 0 aliphatic heterocycles. The highest BCUT2D eigenvalue weighted by Gasteiger charge is 2.09. The number of aryl methyl sites for hydroxylation is 2. The van der Waals surface area contributed by atoms with Gasteiger partial charge in [-0.25, -0.2) is 0 Å². The number of benzene rings is 2. The van der Waals surface area contributed by atoms with Gasteiger partial charge in [-0.05, 0) is 43.2 Å². The van der Waals surface area contributed by atoms with Crippen LogP contribution in [-0.2, 0) is 0 Å². The van der Waals surface area contributed by atoms with Gasteiger partial charge < -0.3 is 16.3 Å². The van der Waals surface area contributed by atoms with Crippen molar-refractivity contribution in [3.63, 3.8) is 0 Å². The van der Waals surface area contributed by atoms with E-state index >= 15 is 0 Å². The lowest BCUT2D eigenvalue weighted by atomic mass is 10.1. The standard InChI is InChI=1S/C16H17N3O2/c1-10-6-7-11(2)14(8-10)18-16(20)13-5-3-4-12(9-13)15(17)19-21/h3-9,21H,1-2H3,(H2,17,19)(H,18,20). The molecule has 0 unspecified atom stereocenters. The van der Waals surface area contributed by atoms with Crippen molar-refractivity contribution in [3.05, 3.63) is 64.7 Å². The number of nitrogens with two attached hydrogens (primary N) is 1. The Bertz CT molecular complexity index is 708. The molecule has 2 rings (SSSR count). The normalized spacial score (nSPS) is 11.2. The summed E-state index contributed by atoms with van der Waals surface area (Å²) in [6.07, 6.45) is 0. The minimum Gasteiger partial charge on any atom is -0.409 e. The fourth-order valence-corrected chi connectivity index (χ4v) is 1.94. The molecule has 5 nitrogen and oxygen atoms in total. The van der Waals surface area contributed by atoms with Crippen LogP contribution in [0.5, 0.6) is 0 Å². The summed E-state index contributed by atoms with van der Waals surface area (Å²) in [5, 5.41) is 14.5. The first-order chi connectivity index (χ1) is 10.0. The summed E-state index contributed by atoms with van der Waals surface area (Å²) in [5.74, 6) is -0.271. The lowest BCUT2D eigenvalue weighted by molar-refractivity contribution is 0.102. The van der Waals surface area contributed by atoms with Crippen molar-refractivity contribution in [3.8, 4) is 0 Å². The fraction of sp³-hybridized carbons (Fsp3) is 0.125. The topological polar surface area (TPSA) is 87.7 Å². The highest BCUT2D eigenvalue weighted by Crippen LogP contribution is 2.17. The van der Waals surface area contributed by atoms with Gasteiger partial charge in [0, 0.05) is 16.8 Å². The quantitative estimate of drug-likeness (QED) is 0.350. The van der Waals surface area contributed by atoms with Gasteiger partial charge in [-0.15, -0.1) is 0 Å². The Kier molecular flexibility index (Phi) is 4.23. The molecule has 21 heavy (non-hydrogen) atoms. The van der Waals surface area contributed by atoms with Crippen LogP contribution in [0.4, 0.5) is 5.69 Å². The molecule has 0 heterocycles. The van der Waals surface area contributed by atoms with Gasteiger partial charge in [0.05, 0.1) is 0 Å².